The Labute approximate surface area is 365 Å². The Morgan fingerprint density at radius 3 is 1.66 bits per heavy atom. The minimum Gasteiger partial charge on any atom is -0.481 e. The first kappa shape index (κ1) is 44.8. The van der Waals surface area contributed by atoms with Gasteiger partial charge in [0.2, 0.25) is 26.0 Å². The van der Waals surface area contributed by atoms with Gasteiger partial charge in [0.25, 0.3) is 0 Å². The summed E-state index contributed by atoms with van der Waals surface area (Å²) in [6.07, 6.45) is 8.14. The quantitative estimate of drug-likeness (QED) is 0.291. The number of likely N-dealkylation sites (tertiary alicyclic amines) is 2. The fourth-order valence-corrected chi connectivity index (χ4v) is 19.0. The summed E-state index contributed by atoms with van der Waals surface area (Å²) in [4.78, 5) is 29.5. The van der Waals surface area contributed by atoms with Crippen LogP contribution in [0.1, 0.15) is 104 Å². The molecule has 10 rings (SSSR count). The molecule has 336 valence electrons. The Hall–Kier alpha value is -2.84. The summed E-state index contributed by atoms with van der Waals surface area (Å²) in [7, 11) is -6.51. The van der Waals surface area contributed by atoms with E-state index in [-0.39, 0.29) is 63.2 Å². The predicted molar refractivity (Wildman–Crippen MR) is 238 cm³/mol. The highest BCUT2D eigenvalue weighted by Gasteiger charge is 2.73. The van der Waals surface area contributed by atoms with Crippen molar-refractivity contribution in [3.8, 4) is 0 Å². The zero-order valence-electron chi connectivity index (χ0n) is 37.3. The van der Waals surface area contributed by atoms with Crippen LogP contribution in [0.25, 0.3) is 0 Å². The summed E-state index contributed by atoms with van der Waals surface area (Å²) in [5, 5.41) is 9.17. The van der Waals surface area contributed by atoms with Gasteiger partial charge in [-0.2, -0.15) is 0 Å². The number of benzene rings is 2. The highest BCUT2D eigenvalue weighted by molar-refractivity contribution is 7.90. The van der Waals surface area contributed by atoms with Crippen LogP contribution in [0.2, 0.25) is 0 Å². The van der Waals surface area contributed by atoms with Gasteiger partial charge in [-0.3, -0.25) is 19.4 Å². The van der Waals surface area contributed by atoms with Crippen LogP contribution in [0.4, 0.5) is 0 Å². The molecule has 2 aromatic rings. The number of nitrogens with one attached hydrogen (secondary N) is 1. The Morgan fingerprint density at radius 1 is 0.689 bits per heavy atom. The van der Waals surface area contributed by atoms with Crippen molar-refractivity contribution in [2.24, 2.45) is 57.2 Å². The smallest absolute Gasteiger partial charge is 0.308 e. The van der Waals surface area contributed by atoms with Crippen LogP contribution in [-0.2, 0) is 42.7 Å². The van der Waals surface area contributed by atoms with Crippen molar-refractivity contribution in [2.75, 3.05) is 37.7 Å². The molecule has 4 bridgehead atoms. The number of sulfonamides is 2. The maximum atomic E-state index is 13.8. The van der Waals surface area contributed by atoms with E-state index in [9.17, 15) is 31.5 Å². The van der Waals surface area contributed by atoms with Gasteiger partial charge in [0.05, 0.1) is 29.4 Å². The highest BCUT2D eigenvalue weighted by Crippen LogP contribution is 2.70. The summed E-state index contributed by atoms with van der Waals surface area (Å²) >= 11 is 0. The molecule has 13 heteroatoms. The Kier molecular flexibility index (Phi) is 12.0. The lowest BCUT2D eigenvalue weighted by Gasteiger charge is -2.37. The number of hydrogen-bond donors (Lipinski definition) is 2. The van der Waals surface area contributed by atoms with E-state index in [2.05, 4.69) is 80.3 Å². The Bertz CT molecular complexity index is 2170. The fourth-order valence-electron chi connectivity index (χ4n) is 14.2. The van der Waals surface area contributed by atoms with Crippen LogP contribution in [-0.4, -0.2) is 97.7 Å². The molecule has 2 spiro atoms. The Balaban J connectivity index is 0.000000139. The lowest BCUT2D eigenvalue weighted by Crippen LogP contribution is -2.47. The molecular weight excluding hydrogens is 809 g/mol. The van der Waals surface area contributed by atoms with Crippen LogP contribution in [0.5, 0.6) is 0 Å². The number of aliphatic carboxylic acids is 1. The van der Waals surface area contributed by atoms with Crippen LogP contribution >= 0.6 is 0 Å². The van der Waals surface area contributed by atoms with Crippen LogP contribution in [0.3, 0.4) is 0 Å². The number of rotatable bonds is 8. The van der Waals surface area contributed by atoms with Crippen LogP contribution in [0.15, 0.2) is 60.7 Å². The molecule has 4 saturated carbocycles. The molecule has 4 heterocycles. The summed E-state index contributed by atoms with van der Waals surface area (Å²) < 4.78 is 54.1. The number of hydrogen-bond acceptors (Lipinski definition) is 8. The third kappa shape index (κ3) is 7.71. The first-order chi connectivity index (χ1) is 28.8. The SMILES string of the molecule is CC1(C)C2CC[C@@]13CS(=O)(=O)N[C@H]3C2.CC[C@@H]1CN(Cc2ccccc2)C[C@@H]1C(=O)N1[C@H]2CC3CC[C@@]2(CS1(=O)=O)C3(C)C.CC[C@@H]1CN(Cc2ccccc2)C[C@@H]1C(=O)O. The zero-order valence-corrected chi connectivity index (χ0v) is 38.9. The minimum atomic E-state index is -3.54. The van der Waals surface area contributed by atoms with Crippen molar-refractivity contribution in [1.29, 1.82) is 0 Å². The van der Waals surface area contributed by atoms with E-state index in [1.165, 1.54) is 21.9 Å². The number of carbonyl (C=O) groups is 2. The topological polar surface area (TPSA) is 144 Å². The average molecular weight is 879 g/mol. The van der Waals surface area contributed by atoms with E-state index in [4.69, 9.17) is 0 Å². The number of carboxylic acids is 1. The second-order valence-corrected chi connectivity index (χ2v) is 24.9. The minimum absolute atomic E-state index is 0.00105. The lowest BCUT2D eigenvalue weighted by molar-refractivity contribution is -0.142. The normalized spacial score (nSPS) is 38.0. The third-order valence-corrected chi connectivity index (χ3v) is 21.5. The molecule has 4 aliphatic carbocycles. The molecule has 61 heavy (non-hydrogen) atoms. The summed E-state index contributed by atoms with van der Waals surface area (Å²) in [6.45, 7) is 18.0. The van der Waals surface area contributed by atoms with Gasteiger partial charge in [-0.25, -0.2) is 25.9 Å². The molecule has 2 aromatic carbocycles. The molecule has 2 unspecified atom stereocenters. The summed E-state index contributed by atoms with van der Waals surface area (Å²) in [5.74, 6) is 1.15. The second kappa shape index (κ2) is 16.3. The van der Waals surface area contributed by atoms with Crippen molar-refractivity contribution in [2.45, 2.75) is 118 Å². The second-order valence-electron chi connectivity index (χ2n) is 21.3. The fraction of sp³-hybridized carbons (Fsp3) is 0.708. The monoisotopic (exact) mass is 878 g/mol. The number of carboxylic acid groups (broad SMARTS) is 1. The van der Waals surface area contributed by atoms with Gasteiger partial charge in [-0.05, 0) is 84.2 Å². The molecule has 0 radical (unpaired) electrons. The maximum absolute atomic E-state index is 13.8. The van der Waals surface area contributed by atoms with E-state index in [0.29, 0.717) is 30.7 Å². The van der Waals surface area contributed by atoms with Gasteiger partial charge in [0, 0.05) is 56.1 Å². The van der Waals surface area contributed by atoms with Gasteiger partial charge in [0.1, 0.15) is 0 Å². The summed E-state index contributed by atoms with van der Waals surface area (Å²) in [5.41, 5.74) is 2.52. The largest absolute Gasteiger partial charge is 0.481 e. The third-order valence-electron chi connectivity index (χ3n) is 18.0. The number of carbonyl (C=O) groups excluding carboxylic acids is 1. The van der Waals surface area contributed by atoms with Crippen molar-refractivity contribution in [3.05, 3.63) is 71.8 Å². The van der Waals surface area contributed by atoms with Crippen LogP contribution < -0.4 is 4.72 Å². The molecule has 4 saturated heterocycles. The molecule has 1 amide bonds. The van der Waals surface area contributed by atoms with E-state index in [0.717, 1.165) is 77.0 Å². The van der Waals surface area contributed by atoms with E-state index >= 15 is 0 Å². The molecule has 8 aliphatic rings. The molecule has 0 aromatic heterocycles. The van der Waals surface area contributed by atoms with Gasteiger partial charge < -0.3 is 5.11 Å². The van der Waals surface area contributed by atoms with E-state index in [1.807, 2.05) is 36.4 Å². The first-order valence-corrected chi connectivity index (χ1v) is 26.3. The molecule has 2 N–H and O–H groups in total. The van der Waals surface area contributed by atoms with Crippen molar-refractivity contribution in [1.82, 2.24) is 18.8 Å². The van der Waals surface area contributed by atoms with Gasteiger partial charge >= 0.3 is 5.97 Å². The van der Waals surface area contributed by atoms with Gasteiger partial charge in [0.15, 0.2) is 0 Å². The highest BCUT2D eigenvalue weighted by atomic mass is 32.2. The standard InChI is InChI=1S/C24H34N2O3S.C14H19NO2.C10H17NO2S/c1-4-18-14-25(13-17-8-6-5-7-9-17)15-20(18)22(27)26-21-12-19-10-11-24(21,23(19,2)3)16-30(26,28)29;1-2-12-9-15(10-13(12)14(16)17)8-11-6-4-3-5-7-11;1-9(2)7-3-4-10(9)6-14(12,13)11-8(10)5-7/h5-9,18-21H,4,10-16H2,1-3H3;3-7,12-13H,2,8-10H2,1H3,(H,16,17);7-8,11H,3-6H2,1-2H3/t18-,19?,20+,21+,24+;12-,13+;7?,8-,10-/m110/s1. The van der Waals surface area contributed by atoms with Crippen molar-refractivity contribution < 1.29 is 31.5 Å². The van der Waals surface area contributed by atoms with Gasteiger partial charge in [-0.1, -0.05) is 115 Å². The maximum Gasteiger partial charge on any atom is 0.308 e. The Morgan fingerprint density at radius 2 is 1.18 bits per heavy atom. The molecule has 10 atom stereocenters. The molecular formula is C48H70N4O7S2. The zero-order chi connectivity index (χ0) is 43.8. The predicted octanol–water partition coefficient (Wildman–Crippen LogP) is 6.86. The number of nitrogens with zero attached hydrogens (tertiary/aromatic N) is 3. The average Bonchev–Trinajstić information content (AvgIpc) is 4.07. The molecule has 11 nitrogen and oxygen atoms in total. The van der Waals surface area contributed by atoms with Gasteiger partial charge in [-0.15, -0.1) is 0 Å². The molecule has 8 fully saturated rings. The summed E-state index contributed by atoms with van der Waals surface area (Å²) in [6, 6.07) is 20.7. The van der Waals surface area contributed by atoms with E-state index in [1.54, 1.807) is 0 Å². The van der Waals surface area contributed by atoms with Crippen LogP contribution in [0, 0.1) is 57.2 Å². The van der Waals surface area contributed by atoms with Crippen molar-refractivity contribution in [3.63, 3.8) is 0 Å². The number of amides is 1. The van der Waals surface area contributed by atoms with E-state index < -0.39 is 26.0 Å². The molecule has 4 aliphatic heterocycles. The first-order valence-electron chi connectivity index (χ1n) is 23.1. The van der Waals surface area contributed by atoms with Crippen molar-refractivity contribution >= 4 is 31.9 Å². The lowest BCUT2D eigenvalue weighted by atomic mass is 9.69. The number of fused-ring (bicyclic) bond motifs is 2.